The number of amides is 1. The first-order valence-corrected chi connectivity index (χ1v) is 6.00. The highest BCUT2D eigenvalue weighted by Crippen LogP contribution is 2.18. The molecule has 98 valence electrons. The molecule has 1 amide bonds. The Kier molecular flexibility index (Phi) is 5.05. The zero-order chi connectivity index (χ0) is 13.7. The van der Waals surface area contributed by atoms with Crippen molar-refractivity contribution < 1.29 is 9.72 Å². The molecule has 1 rings (SSSR count). The Morgan fingerprint density at radius 1 is 1.72 bits per heavy atom. The molecule has 0 fully saturated rings. The van der Waals surface area contributed by atoms with E-state index in [9.17, 15) is 14.9 Å². The van der Waals surface area contributed by atoms with Gasteiger partial charge in [0, 0.05) is 25.2 Å². The first kappa shape index (κ1) is 14.4. The van der Waals surface area contributed by atoms with Crippen LogP contribution in [0.2, 0.25) is 4.47 Å². The number of thiazole rings is 1. The highest BCUT2D eigenvalue weighted by atomic mass is 35.5. The highest BCUT2D eigenvalue weighted by Gasteiger charge is 2.12. The molecule has 1 N–H and O–H groups in total. The quantitative estimate of drug-likeness (QED) is 0.648. The van der Waals surface area contributed by atoms with Crippen LogP contribution in [0.1, 0.15) is 4.88 Å². The summed E-state index contributed by atoms with van der Waals surface area (Å²) in [6, 6.07) is 0. The predicted octanol–water partition coefficient (Wildman–Crippen LogP) is 1.09. The summed E-state index contributed by atoms with van der Waals surface area (Å²) < 4.78 is 0.353. The van der Waals surface area contributed by atoms with Crippen molar-refractivity contribution in [2.24, 2.45) is 0 Å². The molecule has 1 aromatic heterocycles. The van der Waals surface area contributed by atoms with Crippen molar-refractivity contribution >= 4 is 28.8 Å². The van der Waals surface area contributed by atoms with Gasteiger partial charge in [-0.05, 0) is 0 Å². The van der Waals surface area contributed by atoms with Gasteiger partial charge in [-0.2, -0.15) is 0 Å². The molecule has 0 aliphatic heterocycles. The molecular formula is C9H11ClN4O3S. The monoisotopic (exact) mass is 290 g/mol. The largest absolute Gasteiger partial charge is 0.359 e. The van der Waals surface area contributed by atoms with Crippen molar-refractivity contribution in [2.75, 3.05) is 14.1 Å². The zero-order valence-electron chi connectivity index (χ0n) is 9.71. The lowest BCUT2D eigenvalue weighted by molar-refractivity contribution is -0.404. The van der Waals surface area contributed by atoms with Crippen molar-refractivity contribution in [3.05, 3.63) is 37.7 Å². The van der Waals surface area contributed by atoms with Gasteiger partial charge in [-0.15, -0.1) is 11.3 Å². The molecule has 0 atom stereocenters. The summed E-state index contributed by atoms with van der Waals surface area (Å²) in [5.41, 5.74) is 0. The number of halogens is 1. The number of aromatic nitrogens is 1. The number of hydrogen-bond acceptors (Lipinski definition) is 6. The van der Waals surface area contributed by atoms with Crippen LogP contribution in [-0.2, 0) is 11.2 Å². The maximum atomic E-state index is 11.7. The minimum Gasteiger partial charge on any atom is -0.359 e. The van der Waals surface area contributed by atoms with Gasteiger partial charge in [0.05, 0.1) is 11.3 Å². The van der Waals surface area contributed by atoms with Crippen LogP contribution in [0.15, 0.2) is 18.2 Å². The maximum Gasteiger partial charge on any atom is 0.274 e. The van der Waals surface area contributed by atoms with Gasteiger partial charge in [-0.25, -0.2) is 4.98 Å². The Morgan fingerprint density at radius 3 is 2.83 bits per heavy atom. The summed E-state index contributed by atoms with van der Waals surface area (Å²) in [4.78, 5) is 27.3. The molecule has 0 aliphatic carbocycles. The van der Waals surface area contributed by atoms with Crippen molar-refractivity contribution in [2.45, 2.75) is 6.42 Å². The molecule has 0 unspecified atom stereocenters. The van der Waals surface area contributed by atoms with Crippen LogP contribution in [0, 0.1) is 10.1 Å². The lowest BCUT2D eigenvalue weighted by Gasteiger charge is -2.14. The molecule has 0 radical (unpaired) electrons. The fourth-order valence-electron chi connectivity index (χ4n) is 1.07. The van der Waals surface area contributed by atoms with Gasteiger partial charge >= 0.3 is 0 Å². The molecule has 0 aromatic carbocycles. The highest BCUT2D eigenvalue weighted by molar-refractivity contribution is 7.15. The van der Waals surface area contributed by atoms with E-state index in [-0.39, 0.29) is 18.1 Å². The second-order valence-electron chi connectivity index (χ2n) is 3.50. The normalized spacial score (nSPS) is 11.2. The van der Waals surface area contributed by atoms with Gasteiger partial charge in [0.2, 0.25) is 5.91 Å². The molecule has 9 heteroatoms. The van der Waals surface area contributed by atoms with E-state index in [0.717, 1.165) is 6.20 Å². The first-order valence-electron chi connectivity index (χ1n) is 4.81. The lowest BCUT2D eigenvalue weighted by Crippen LogP contribution is -2.32. The van der Waals surface area contributed by atoms with Crippen LogP contribution < -0.4 is 5.32 Å². The Morgan fingerprint density at radius 2 is 2.39 bits per heavy atom. The van der Waals surface area contributed by atoms with Crippen LogP contribution in [0.5, 0.6) is 0 Å². The van der Waals surface area contributed by atoms with E-state index in [2.05, 4.69) is 10.3 Å². The average molecular weight is 291 g/mol. The lowest BCUT2D eigenvalue weighted by atomic mass is 10.3. The van der Waals surface area contributed by atoms with Crippen LogP contribution in [0.4, 0.5) is 0 Å². The summed E-state index contributed by atoms with van der Waals surface area (Å²) in [6.45, 7) is 0. The number of carbonyl (C=O) groups is 1. The topological polar surface area (TPSA) is 88.4 Å². The minimum absolute atomic E-state index is 0.0767. The van der Waals surface area contributed by atoms with E-state index in [0.29, 0.717) is 9.34 Å². The summed E-state index contributed by atoms with van der Waals surface area (Å²) in [5, 5.41) is 12.8. The number of rotatable bonds is 5. The molecule has 0 spiro atoms. The molecule has 0 bridgehead atoms. The maximum absolute atomic E-state index is 11.7. The summed E-state index contributed by atoms with van der Waals surface area (Å²) >= 11 is 6.83. The number of carbonyl (C=O) groups excluding carboxylic acids is 1. The second-order valence-corrected chi connectivity index (χ2v) is 5.20. The molecule has 18 heavy (non-hydrogen) atoms. The zero-order valence-corrected chi connectivity index (χ0v) is 11.3. The van der Waals surface area contributed by atoms with Gasteiger partial charge in [-0.1, -0.05) is 11.6 Å². The Balaban J connectivity index is 2.65. The van der Waals surface area contributed by atoms with E-state index in [1.807, 2.05) is 0 Å². The fourth-order valence-corrected chi connectivity index (χ4v) is 2.05. The second kappa shape index (κ2) is 6.31. The van der Waals surface area contributed by atoms with Crippen LogP contribution >= 0.6 is 22.9 Å². The minimum atomic E-state index is -0.626. The Labute approximate surface area is 112 Å². The third kappa shape index (κ3) is 4.68. The van der Waals surface area contributed by atoms with E-state index in [1.54, 1.807) is 14.1 Å². The SMILES string of the molecule is CN(C)/C(=C\[N+](=O)[O-])NC(=O)Cc1cnc(Cl)s1. The molecule has 1 heterocycles. The van der Waals surface area contributed by atoms with Crippen molar-refractivity contribution in [3.8, 4) is 0 Å². The van der Waals surface area contributed by atoms with Gasteiger partial charge in [-0.3, -0.25) is 14.9 Å². The molecule has 0 saturated heterocycles. The standard InChI is InChI=1S/C9H11ClN4O3S/c1-13(2)7(5-14(16)17)12-8(15)3-6-4-11-9(10)18-6/h4-5H,3H2,1-2H3,(H,12,15)/b7-5-. The third-order valence-corrected chi connectivity index (χ3v) is 2.95. The van der Waals surface area contributed by atoms with Crippen LogP contribution in [-0.4, -0.2) is 34.8 Å². The van der Waals surface area contributed by atoms with E-state index >= 15 is 0 Å². The number of nitrogens with one attached hydrogen (secondary N) is 1. The van der Waals surface area contributed by atoms with E-state index in [1.165, 1.54) is 22.4 Å². The molecule has 0 saturated carbocycles. The molecule has 1 aromatic rings. The van der Waals surface area contributed by atoms with E-state index < -0.39 is 4.92 Å². The predicted molar refractivity (Wildman–Crippen MR) is 67.7 cm³/mol. The summed E-state index contributed by atoms with van der Waals surface area (Å²) in [6.07, 6.45) is 2.31. The van der Waals surface area contributed by atoms with Crippen LogP contribution in [0.25, 0.3) is 0 Å². The van der Waals surface area contributed by atoms with E-state index in [4.69, 9.17) is 11.6 Å². The average Bonchev–Trinajstić information content (AvgIpc) is 2.62. The third-order valence-electron chi connectivity index (χ3n) is 1.84. The Hall–Kier alpha value is -1.67. The number of nitro groups is 1. The number of hydrogen-bond donors (Lipinski definition) is 1. The fraction of sp³-hybridized carbons (Fsp3) is 0.333. The van der Waals surface area contributed by atoms with Crippen molar-refractivity contribution in [3.63, 3.8) is 0 Å². The van der Waals surface area contributed by atoms with Gasteiger partial charge < -0.3 is 10.2 Å². The first-order chi connectivity index (χ1) is 8.38. The van der Waals surface area contributed by atoms with Gasteiger partial charge in [0.15, 0.2) is 10.3 Å². The molecule has 0 aliphatic rings. The van der Waals surface area contributed by atoms with Crippen molar-refractivity contribution in [1.82, 2.24) is 15.2 Å². The van der Waals surface area contributed by atoms with Gasteiger partial charge in [0.1, 0.15) is 0 Å². The van der Waals surface area contributed by atoms with Crippen LogP contribution in [0.3, 0.4) is 0 Å². The summed E-state index contributed by atoms with van der Waals surface area (Å²) in [5.74, 6) is -0.252. The smallest absolute Gasteiger partial charge is 0.274 e. The number of nitrogens with zero attached hydrogens (tertiary/aromatic N) is 3. The van der Waals surface area contributed by atoms with Gasteiger partial charge in [0.25, 0.3) is 6.20 Å². The molecule has 7 nitrogen and oxygen atoms in total. The molecular weight excluding hydrogens is 280 g/mol. The summed E-state index contributed by atoms with van der Waals surface area (Å²) in [7, 11) is 3.19. The van der Waals surface area contributed by atoms with Crippen molar-refractivity contribution in [1.29, 1.82) is 0 Å². The Bertz CT molecular complexity index is 486.